The molecule has 30 heavy (non-hydrogen) atoms. The van der Waals surface area contributed by atoms with Crippen molar-refractivity contribution < 1.29 is 9.59 Å². The maximum absolute atomic E-state index is 12.8. The van der Waals surface area contributed by atoms with E-state index in [1.807, 2.05) is 35.8 Å². The number of aromatic nitrogens is 4. The molecule has 158 valence electrons. The van der Waals surface area contributed by atoms with Gasteiger partial charge in [-0.1, -0.05) is 25.1 Å². The molecule has 0 bridgehead atoms. The summed E-state index contributed by atoms with van der Waals surface area (Å²) in [6, 6.07) is 7.69. The molecule has 0 spiro atoms. The molecule has 3 heterocycles. The molecule has 1 unspecified atom stereocenters. The highest BCUT2D eigenvalue weighted by Crippen LogP contribution is 2.23. The summed E-state index contributed by atoms with van der Waals surface area (Å²) in [7, 11) is 1.66. The van der Waals surface area contributed by atoms with E-state index >= 15 is 0 Å². The average molecular weight is 409 g/mol. The third kappa shape index (κ3) is 3.81. The van der Waals surface area contributed by atoms with Crippen LogP contribution in [0.5, 0.6) is 0 Å². The van der Waals surface area contributed by atoms with Gasteiger partial charge >= 0.3 is 5.69 Å². The van der Waals surface area contributed by atoms with E-state index in [2.05, 4.69) is 10.4 Å². The van der Waals surface area contributed by atoms with Crippen molar-refractivity contribution in [2.45, 2.75) is 58.2 Å². The third-order valence-electron chi connectivity index (χ3n) is 5.75. The largest absolute Gasteiger partial charge is 0.352 e. The Morgan fingerprint density at radius 3 is 2.83 bits per heavy atom. The Morgan fingerprint density at radius 2 is 2.03 bits per heavy atom. The van der Waals surface area contributed by atoms with Gasteiger partial charge in [-0.05, 0) is 25.3 Å². The number of hydrogen-bond acceptors (Lipinski definition) is 4. The first-order chi connectivity index (χ1) is 14.5. The fourth-order valence-electron chi connectivity index (χ4n) is 4.23. The summed E-state index contributed by atoms with van der Waals surface area (Å²) < 4.78 is 4.91. The highest BCUT2D eigenvalue weighted by atomic mass is 16.2. The predicted molar refractivity (Wildman–Crippen MR) is 114 cm³/mol. The Labute approximate surface area is 174 Å². The topological polar surface area (TPSA) is 90.9 Å². The normalized spacial score (nSPS) is 16.3. The summed E-state index contributed by atoms with van der Waals surface area (Å²) in [6.07, 6.45) is 5.18. The van der Waals surface area contributed by atoms with Crippen LogP contribution in [0.2, 0.25) is 0 Å². The van der Waals surface area contributed by atoms with Crippen molar-refractivity contribution in [1.29, 1.82) is 0 Å². The highest BCUT2D eigenvalue weighted by Gasteiger charge is 2.22. The number of ketones is 1. The Bertz CT molecular complexity index is 1150. The minimum absolute atomic E-state index is 0.00748. The van der Waals surface area contributed by atoms with Crippen molar-refractivity contribution in [2.75, 3.05) is 0 Å². The number of aryl methyl sites for hydroxylation is 2. The van der Waals surface area contributed by atoms with E-state index in [1.165, 1.54) is 4.68 Å². The van der Waals surface area contributed by atoms with Crippen molar-refractivity contribution in [3.63, 3.8) is 0 Å². The Hall–Kier alpha value is -3.16. The fraction of sp³-hybridized carbons (Fsp3) is 0.455. The molecule has 0 fully saturated rings. The number of hydrogen-bond donors (Lipinski definition) is 1. The van der Waals surface area contributed by atoms with E-state index in [0.717, 1.165) is 29.6 Å². The first-order valence-electron chi connectivity index (χ1n) is 10.5. The number of fused-ring (bicyclic) bond motifs is 2. The number of rotatable bonds is 6. The lowest BCUT2D eigenvalue weighted by Crippen LogP contribution is -2.37. The fourth-order valence-corrected chi connectivity index (χ4v) is 4.23. The van der Waals surface area contributed by atoms with Crippen LogP contribution in [0.1, 0.15) is 48.8 Å². The molecular formula is C22H27N5O3. The average Bonchev–Trinajstić information content (AvgIpc) is 3.14. The zero-order valence-corrected chi connectivity index (χ0v) is 17.4. The smallest absolute Gasteiger partial charge is 0.345 e. The molecule has 1 atom stereocenters. The van der Waals surface area contributed by atoms with Gasteiger partial charge in [0.25, 0.3) is 0 Å². The van der Waals surface area contributed by atoms with Crippen molar-refractivity contribution >= 4 is 22.6 Å². The van der Waals surface area contributed by atoms with Gasteiger partial charge in [-0.25, -0.2) is 9.48 Å². The van der Waals surface area contributed by atoms with Crippen molar-refractivity contribution in [2.24, 2.45) is 7.05 Å². The minimum atomic E-state index is -0.111. The lowest BCUT2D eigenvalue weighted by molar-refractivity contribution is -0.122. The maximum Gasteiger partial charge on any atom is 0.345 e. The van der Waals surface area contributed by atoms with E-state index in [0.29, 0.717) is 31.4 Å². The van der Waals surface area contributed by atoms with Gasteiger partial charge in [0.1, 0.15) is 12.4 Å². The van der Waals surface area contributed by atoms with E-state index < -0.39 is 0 Å². The predicted octanol–water partition coefficient (Wildman–Crippen LogP) is 2.04. The number of carbonyl (C=O) groups excluding carboxylic acids is 2. The van der Waals surface area contributed by atoms with Gasteiger partial charge in [-0.3, -0.25) is 14.2 Å². The number of amides is 1. The number of benzene rings is 1. The van der Waals surface area contributed by atoms with E-state index in [1.54, 1.807) is 17.8 Å². The standard InChI is InChI=1S/C22H27N5O3/c1-3-6-19(28)17-13-26(18-8-5-4-7-16(17)18)14-21(29)23-15-9-10-20-24-25(2)22(30)27(20)12-11-15/h4-5,7-8,13,15H,3,6,9-12,14H2,1-2H3,(H,23,29). The van der Waals surface area contributed by atoms with Crippen LogP contribution in [0.25, 0.3) is 10.9 Å². The molecule has 1 aliphatic rings. The van der Waals surface area contributed by atoms with Gasteiger partial charge in [0, 0.05) is 55.1 Å². The van der Waals surface area contributed by atoms with E-state index in [9.17, 15) is 14.4 Å². The molecule has 3 aromatic rings. The molecule has 0 saturated carbocycles. The molecule has 8 heteroatoms. The number of nitrogens with one attached hydrogen (secondary N) is 1. The summed E-state index contributed by atoms with van der Waals surface area (Å²) in [5.74, 6) is 0.782. The molecule has 0 saturated heterocycles. The summed E-state index contributed by atoms with van der Waals surface area (Å²) in [5.41, 5.74) is 1.45. The number of carbonyl (C=O) groups is 2. The molecule has 1 amide bonds. The quantitative estimate of drug-likeness (QED) is 0.631. The van der Waals surface area contributed by atoms with Gasteiger partial charge < -0.3 is 9.88 Å². The van der Waals surface area contributed by atoms with Crippen molar-refractivity contribution in [1.82, 2.24) is 24.2 Å². The lowest BCUT2D eigenvalue weighted by atomic mass is 10.1. The van der Waals surface area contributed by atoms with Crippen LogP contribution >= 0.6 is 0 Å². The van der Waals surface area contributed by atoms with Gasteiger partial charge in [-0.15, -0.1) is 0 Å². The minimum Gasteiger partial charge on any atom is -0.352 e. The van der Waals surface area contributed by atoms with Crippen LogP contribution < -0.4 is 11.0 Å². The Balaban J connectivity index is 1.46. The van der Waals surface area contributed by atoms with Crippen LogP contribution in [-0.2, 0) is 31.4 Å². The third-order valence-corrected chi connectivity index (χ3v) is 5.75. The van der Waals surface area contributed by atoms with E-state index in [4.69, 9.17) is 0 Å². The van der Waals surface area contributed by atoms with Crippen LogP contribution in [0.15, 0.2) is 35.3 Å². The molecule has 1 N–H and O–H groups in total. The van der Waals surface area contributed by atoms with Gasteiger partial charge in [0.05, 0.1) is 0 Å². The molecule has 4 rings (SSSR count). The SMILES string of the molecule is CCCC(=O)c1cn(CC(=O)NC2CCc3nn(C)c(=O)n3CC2)c2ccccc12. The second-order valence-corrected chi connectivity index (χ2v) is 7.93. The number of Topliss-reactive ketones (excluding diaryl/α,β-unsaturated/α-hetero) is 1. The first kappa shape index (κ1) is 20.1. The van der Waals surface area contributed by atoms with Crippen molar-refractivity contribution in [3.8, 4) is 0 Å². The first-order valence-corrected chi connectivity index (χ1v) is 10.5. The number of para-hydroxylation sites is 1. The Morgan fingerprint density at radius 1 is 1.23 bits per heavy atom. The Kier molecular flexibility index (Phi) is 5.57. The molecule has 0 radical (unpaired) electrons. The monoisotopic (exact) mass is 409 g/mol. The molecular weight excluding hydrogens is 382 g/mol. The second kappa shape index (κ2) is 8.30. The van der Waals surface area contributed by atoms with Crippen LogP contribution in [0.3, 0.4) is 0 Å². The molecule has 8 nitrogen and oxygen atoms in total. The summed E-state index contributed by atoms with van der Waals surface area (Å²) in [5, 5.41) is 8.27. The van der Waals surface area contributed by atoms with Gasteiger partial charge in [0.15, 0.2) is 5.78 Å². The summed E-state index contributed by atoms with van der Waals surface area (Å²) in [6.45, 7) is 2.69. The maximum atomic E-state index is 12.8. The van der Waals surface area contributed by atoms with Crippen molar-refractivity contribution in [3.05, 3.63) is 52.3 Å². The van der Waals surface area contributed by atoms with Gasteiger partial charge in [0.2, 0.25) is 5.91 Å². The molecule has 0 aliphatic carbocycles. The van der Waals surface area contributed by atoms with Gasteiger partial charge in [-0.2, -0.15) is 5.10 Å². The molecule has 2 aromatic heterocycles. The molecule has 1 aromatic carbocycles. The highest BCUT2D eigenvalue weighted by molar-refractivity contribution is 6.08. The summed E-state index contributed by atoms with van der Waals surface area (Å²) in [4.78, 5) is 37.4. The van der Waals surface area contributed by atoms with Crippen LogP contribution in [-0.4, -0.2) is 36.6 Å². The van der Waals surface area contributed by atoms with Crippen LogP contribution in [0, 0.1) is 0 Å². The van der Waals surface area contributed by atoms with E-state index in [-0.39, 0.29) is 30.0 Å². The summed E-state index contributed by atoms with van der Waals surface area (Å²) >= 11 is 0. The lowest BCUT2D eigenvalue weighted by Gasteiger charge is -2.16. The van der Waals surface area contributed by atoms with Crippen LogP contribution in [0.4, 0.5) is 0 Å². The second-order valence-electron chi connectivity index (χ2n) is 7.93. The zero-order chi connectivity index (χ0) is 21.3. The number of nitrogens with zero attached hydrogens (tertiary/aromatic N) is 4. The zero-order valence-electron chi connectivity index (χ0n) is 17.4. The molecule has 1 aliphatic heterocycles.